The molecule has 0 aliphatic heterocycles. The Morgan fingerprint density at radius 3 is 2.39 bits per heavy atom. The maximum absolute atomic E-state index is 12.8. The van der Waals surface area contributed by atoms with Gasteiger partial charge < -0.3 is 11.1 Å². The first-order valence-corrected chi connectivity index (χ1v) is 9.67. The average Bonchev–Trinajstić information content (AvgIpc) is 2.76. The van der Waals surface area contributed by atoms with Crippen molar-refractivity contribution in [2.75, 3.05) is 12.3 Å². The minimum absolute atomic E-state index is 0.0886. The molecule has 1 fully saturated rings. The fourth-order valence-electron chi connectivity index (χ4n) is 2.72. The SMILES string of the molecule is NC(=NCCS(=O)(=O)c1ccc(F)cc1)NC1CCCCCC1. The third kappa shape index (κ3) is 5.82. The summed E-state index contributed by atoms with van der Waals surface area (Å²) in [5, 5.41) is 3.18. The van der Waals surface area contributed by atoms with Crippen LogP contribution in [0.1, 0.15) is 38.5 Å². The Balaban J connectivity index is 1.85. The van der Waals surface area contributed by atoms with Gasteiger partial charge in [0.15, 0.2) is 15.8 Å². The molecular weight excluding hydrogens is 317 g/mol. The summed E-state index contributed by atoms with van der Waals surface area (Å²) in [6.45, 7) is 0.0886. The first kappa shape index (κ1) is 17.7. The van der Waals surface area contributed by atoms with Crippen LogP contribution in [0.15, 0.2) is 34.2 Å². The predicted octanol–water partition coefficient (Wildman–Crippen LogP) is 2.23. The van der Waals surface area contributed by atoms with Crippen LogP contribution in [0.25, 0.3) is 0 Å². The molecule has 1 aliphatic rings. The third-order valence-corrected chi connectivity index (χ3v) is 5.73. The van der Waals surface area contributed by atoms with Crippen molar-refractivity contribution in [3.63, 3.8) is 0 Å². The van der Waals surface area contributed by atoms with Crippen molar-refractivity contribution in [2.45, 2.75) is 49.5 Å². The highest BCUT2D eigenvalue weighted by molar-refractivity contribution is 7.91. The number of hydrogen-bond donors (Lipinski definition) is 2. The second-order valence-electron chi connectivity index (χ2n) is 5.87. The highest BCUT2D eigenvalue weighted by Gasteiger charge is 2.15. The van der Waals surface area contributed by atoms with Gasteiger partial charge in [0, 0.05) is 6.04 Å². The van der Waals surface area contributed by atoms with E-state index in [2.05, 4.69) is 10.3 Å². The summed E-state index contributed by atoms with van der Waals surface area (Å²) in [4.78, 5) is 4.21. The molecular formula is C16H24FN3O2S. The number of sulfone groups is 1. The lowest BCUT2D eigenvalue weighted by Crippen LogP contribution is -2.40. The van der Waals surface area contributed by atoms with Crippen molar-refractivity contribution in [3.05, 3.63) is 30.1 Å². The van der Waals surface area contributed by atoms with Crippen LogP contribution in [0.4, 0.5) is 4.39 Å². The molecule has 7 heteroatoms. The zero-order valence-corrected chi connectivity index (χ0v) is 14.0. The molecule has 128 valence electrons. The second-order valence-corrected chi connectivity index (χ2v) is 7.98. The van der Waals surface area contributed by atoms with E-state index in [0.717, 1.165) is 25.0 Å². The Kier molecular flexibility index (Phi) is 6.38. The fourth-order valence-corrected chi connectivity index (χ4v) is 3.84. The normalized spacial score (nSPS) is 17.7. The van der Waals surface area contributed by atoms with E-state index in [1.807, 2.05) is 0 Å². The number of guanidine groups is 1. The molecule has 0 heterocycles. The first-order chi connectivity index (χ1) is 11.0. The van der Waals surface area contributed by atoms with Crippen LogP contribution in [0.2, 0.25) is 0 Å². The molecule has 0 saturated heterocycles. The lowest BCUT2D eigenvalue weighted by molar-refractivity contribution is 0.530. The zero-order valence-electron chi connectivity index (χ0n) is 13.2. The molecule has 0 unspecified atom stereocenters. The number of nitrogens with one attached hydrogen (secondary N) is 1. The van der Waals surface area contributed by atoms with Gasteiger partial charge in [0.25, 0.3) is 0 Å². The van der Waals surface area contributed by atoms with Crippen molar-refractivity contribution < 1.29 is 12.8 Å². The molecule has 1 aliphatic carbocycles. The highest BCUT2D eigenvalue weighted by atomic mass is 32.2. The Morgan fingerprint density at radius 2 is 1.78 bits per heavy atom. The summed E-state index contributed by atoms with van der Waals surface area (Å²) in [5.74, 6) is -0.309. The number of halogens is 1. The molecule has 0 radical (unpaired) electrons. The number of nitrogens with zero attached hydrogens (tertiary/aromatic N) is 1. The standard InChI is InChI=1S/C16H24FN3O2S/c17-13-7-9-15(10-8-13)23(21,22)12-11-19-16(18)20-14-5-3-1-2-4-6-14/h7-10,14H,1-6,11-12H2,(H3,18,19,20). The molecule has 5 nitrogen and oxygen atoms in total. The van der Waals surface area contributed by atoms with Gasteiger partial charge >= 0.3 is 0 Å². The van der Waals surface area contributed by atoms with Crippen molar-refractivity contribution in [3.8, 4) is 0 Å². The van der Waals surface area contributed by atoms with Gasteiger partial charge in [-0.25, -0.2) is 12.8 Å². The van der Waals surface area contributed by atoms with E-state index in [1.54, 1.807) is 0 Å². The molecule has 1 aromatic carbocycles. The molecule has 0 amide bonds. The molecule has 0 bridgehead atoms. The van der Waals surface area contributed by atoms with Crippen molar-refractivity contribution in [2.24, 2.45) is 10.7 Å². The second kappa shape index (κ2) is 8.29. The third-order valence-electron chi connectivity index (χ3n) is 4.02. The molecule has 0 spiro atoms. The molecule has 2 rings (SSSR count). The number of nitrogens with two attached hydrogens (primary N) is 1. The van der Waals surface area contributed by atoms with Crippen molar-refractivity contribution in [1.29, 1.82) is 0 Å². The van der Waals surface area contributed by atoms with Crippen LogP contribution in [-0.4, -0.2) is 32.7 Å². The van der Waals surface area contributed by atoms with Crippen LogP contribution in [0.3, 0.4) is 0 Å². The van der Waals surface area contributed by atoms with E-state index in [0.29, 0.717) is 12.0 Å². The quantitative estimate of drug-likeness (QED) is 0.372. The van der Waals surface area contributed by atoms with Gasteiger partial charge in [-0.1, -0.05) is 25.7 Å². The minimum atomic E-state index is -3.47. The summed E-state index contributed by atoms with van der Waals surface area (Å²) < 4.78 is 37.1. The summed E-state index contributed by atoms with van der Waals surface area (Å²) in [6.07, 6.45) is 7.03. The van der Waals surface area contributed by atoms with E-state index in [9.17, 15) is 12.8 Å². The van der Waals surface area contributed by atoms with Crippen LogP contribution in [0, 0.1) is 5.82 Å². The molecule has 3 N–H and O–H groups in total. The Labute approximate surface area is 137 Å². The minimum Gasteiger partial charge on any atom is -0.370 e. The van der Waals surface area contributed by atoms with E-state index in [-0.39, 0.29) is 17.2 Å². The van der Waals surface area contributed by atoms with E-state index in [1.165, 1.54) is 37.8 Å². The van der Waals surface area contributed by atoms with Crippen molar-refractivity contribution in [1.82, 2.24) is 5.32 Å². The Bertz CT molecular complexity index is 621. The Hall–Kier alpha value is -1.63. The number of benzene rings is 1. The molecule has 1 saturated carbocycles. The summed E-state index contributed by atoms with van der Waals surface area (Å²) in [6, 6.07) is 5.13. The van der Waals surface area contributed by atoms with Gasteiger partial charge in [0.2, 0.25) is 0 Å². The number of rotatable bonds is 5. The fraction of sp³-hybridized carbons (Fsp3) is 0.562. The van der Waals surface area contributed by atoms with Crippen molar-refractivity contribution >= 4 is 15.8 Å². The smallest absolute Gasteiger partial charge is 0.188 e. The summed E-state index contributed by atoms with van der Waals surface area (Å²) in [7, 11) is -3.47. The van der Waals surface area contributed by atoms with Crippen LogP contribution >= 0.6 is 0 Å². The molecule has 0 atom stereocenters. The van der Waals surface area contributed by atoms with E-state index >= 15 is 0 Å². The maximum Gasteiger partial charge on any atom is 0.188 e. The van der Waals surface area contributed by atoms with Crippen LogP contribution in [-0.2, 0) is 9.84 Å². The number of aliphatic imine (C=N–C) groups is 1. The lowest BCUT2D eigenvalue weighted by atomic mass is 10.1. The largest absolute Gasteiger partial charge is 0.370 e. The van der Waals surface area contributed by atoms with E-state index < -0.39 is 15.7 Å². The van der Waals surface area contributed by atoms with Gasteiger partial charge in [-0.15, -0.1) is 0 Å². The number of hydrogen-bond acceptors (Lipinski definition) is 3. The Morgan fingerprint density at radius 1 is 1.17 bits per heavy atom. The first-order valence-electron chi connectivity index (χ1n) is 8.02. The van der Waals surface area contributed by atoms with Gasteiger partial charge in [-0.05, 0) is 37.1 Å². The molecule has 0 aromatic heterocycles. The average molecular weight is 341 g/mol. The topological polar surface area (TPSA) is 84.5 Å². The predicted molar refractivity (Wildman–Crippen MR) is 89.6 cm³/mol. The molecule has 23 heavy (non-hydrogen) atoms. The summed E-state index contributed by atoms with van der Waals surface area (Å²) in [5.41, 5.74) is 5.84. The van der Waals surface area contributed by atoms with Gasteiger partial charge in [-0.2, -0.15) is 0 Å². The van der Waals surface area contributed by atoms with Gasteiger partial charge in [0.05, 0.1) is 17.2 Å². The highest BCUT2D eigenvalue weighted by Crippen LogP contribution is 2.17. The van der Waals surface area contributed by atoms with Gasteiger partial charge in [0.1, 0.15) is 5.82 Å². The zero-order chi connectivity index (χ0) is 16.7. The summed E-state index contributed by atoms with van der Waals surface area (Å²) >= 11 is 0. The van der Waals surface area contributed by atoms with E-state index in [4.69, 9.17) is 5.73 Å². The molecule has 1 aromatic rings. The van der Waals surface area contributed by atoms with Crippen LogP contribution < -0.4 is 11.1 Å². The van der Waals surface area contributed by atoms with Gasteiger partial charge in [-0.3, -0.25) is 4.99 Å². The monoisotopic (exact) mass is 341 g/mol. The maximum atomic E-state index is 12.8. The van der Waals surface area contributed by atoms with Crippen LogP contribution in [0.5, 0.6) is 0 Å². The lowest BCUT2D eigenvalue weighted by Gasteiger charge is -2.16.